The van der Waals surface area contributed by atoms with Crippen LogP contribution in [0.4, 0.5) is 0 Å². The molecule has 1 N–H and O–H groups in total. The number of nitrogens with zero attached hydrogens (tertiary/aromatic N) is 3. The Labute approximate surface area is 142 Å². The number of hydrogen-bond acceptors (Lipinski definition) is 6. The lowest BCUT2D eigenvalue weighted by Gasteiger charge is -2.42. The minimum Gasteiger partial charge on any atom is -0.383 e. The number of likely N-dealkylation sites (tertiary alicyclic amines) is 2. The molecule has 0 spiro atoms. The monoisotopic (exact) mass is 337 g/mol. The maximum Gasteiger partial charge on any atom is 0.110 e. The zero-order valence-corrected chi connectivity index (χ0v) is 14.6. The van der Waals surface area contributed by atoms with Crippen molar-refractivity contribution in [2.45, 2.75) is 50.3 Å². The number of thiazole rings is 1. The molecule has 6 heteroatoms. The first-order chi connectivity index (χ1) is 11.2. The molecule has 0 radical (unpaired) electrons. The van der Waals surface area contributed by atoms with Crippen molar-refractivity contribution in [2.75, 3.05) is 39.4 Å². The van der Waals surface area contributed by atoms with Crippen molar-refractivity contribution < 1.29 is 9.84 Å². The summed E-state index contributed by atoms with van der Waals surface area (Å²) in [6, 6.07) is 0.644. The van der Waals surface area contributed by atoms with Gasteiger partial charge in [-0.3, -0.25) is 9.80 Å². The molecule has 0 aromatic carbocycles. The first kappa shape index (κ1) is 16.0. The van der Waals surface area contributed by atoms with Gasteiger partial charge in [0, 0.05) is 37.7 Å². The van der Waals surface area contributed by atoms with E-state index >= 15 is 0 Å². The molecule has 3 fully saturated rings. The second-order valence-corrected chi connectivity index (χ2v) is 8.11. The van der Waals surface area contributed by atoms with Crippen LogP contribution in [0.3, 0.4) is 0 Å². The molecule has 4 heterocycles. The van der Waals surface area contributed by atoms with E-state index in [-0.39, 0.29) is 0 Å². The van der Waals surface area contributed by atoms with E-state index in [1.54, 1.807) is 11.3 Å². The Morgan fingerprint density at radius 1 is 1.22 bits per heavy atom. The molecule has 0 saturated carbocycles. The van der Waals surface area contributed by atoms with Crippen LogP contribution >= 0.6 is 11.3 Å². The van der Waals surface area contributed by atoms with Crippen LogP contribution in [0.25, 0.3) is 0 Å². The summed E-state index contributed by atoms with van der Waals surface area (Å²) in [5, 5.41) is 14.3. The van der Waals surface area contributed by atoms with Gasteiger partial charge in [0.2, 0.25) is 0 Å². The van der Waals surface area contributed by atoms with E-state index in [9.17, 15) is 5.11 Å². The summed E-state index contributed by atoms with van der Waals surface area (Å²) < 4.78 is 5.46. The number of piperidine rings is 1. The van der Waals surface area contributed by atoms with Crippen LogP contribution in [-0.2, 0) is 16.9 Å². The summed E-state index contributed by atoms with van der Waals surface area (Å²) in [7, 11) is 0. The van der Waals surface area contributed by atoms with Gasteiger partial charge in [0.1, 0.15) is 10.6 Å². The van der Waals surface area contributed by atoms with Gasteiger partial charge in [0.25, 0.3) is 0 Å². The first-order valence-corrected chi connectivity index (χ1v) is 9.82. The third-order valence-electron chi connectivity index (χ3n) is 5.67. The van der Waals surface area contributed by atoms with Gasteiger partial charge in [-0.25, -0.2) is 4.98 Å². The SMILES string of the molecule is OC1(c2csc(CN3CCC3)n2)CCN(C2CCOCC2)CC1. The van der Waals surface area contributed by atoms with Crippen LogP contribution in [0.15, 0.2) is 5.38 Å². The molecule has 0 amide bonds. The lowest BCUT2D eigenvalue weighted by molar-refractivity contribution is -0.0525. The highest BCUT2D eigenvalue weighted by atomic mass is 32.1. The molecule has 0 unspecified atom stereocenters. The van der Waals surface area contributed by atoms with Crippen molar-refractivity contribution in [3.8, 4) is 0 Å². The average Bonchev–Trinajstić information content (AvgIpc) is 3.02. The van der Waals surface area contributed by atoms with Crippen molar-refractivity contribution in [1.29, 1.82) is 0 Å². The summed E-state index contributed by atoms with van der Waals surface area (Å²) in [5.41, 5.74) is 0.190. The normalized spacial score (nSPS) is 27.0. The Kier molecular flexibility index (Phi) is 4.70. The van der Waals surface area contributed by atoms with Crippen LogP contribution < -0.4 is 0 Å². The predicted octanol–water partition coefficient (Wildman–Crippen LogP) is 1.81. The number of hydrogen-bond donors (Lipinski definition) is 1. The molecule has 1 aromatic rings. The van der Waals surface area contributed by atoms with E-state index in [1.807, 2.05) is 0 Å². The molecule has 0 atom stereocenters. The van der Waals surface area contributed by atoms with E-state index in [1.165, 1.54) is 19.5 Å². The third kappa shape index (κ3) is 3.46. The average molecular weight is 337 g/mol. The second-order valence-electron chi connectivity index (χ2n) is 7.17. The van der Waals surface area contributed by atoms with E-state index < -0.39 is 5.60 Å². The van der Waals surface area contributed by atoms with Crippen molar-refractivity contribution in [2.24, 2.45) is 0 Å². The van der Waals surface area contributed by atoms with Gasteiger partial charge in [0.05, 0.1) is 12.2 Å². The van der Waals surface area contributed by atoms with Gasteiger partial charge >= 0.3 is 0 Å². The maximum atomic E-state index is 11.1. The molecule has 3 aliphatic rings. The van der Waals surface area contributed by atoms with Crippen LogP contribution in [0.2, 0.25) is 0 Å². The fourth-order valence-electron chi connectivity index (χ4n) is 3.89. The van der Waals surface area contributed by atoms with Gasteiger partial charge in [-0.05, 0) is 45.2 Å². The lowest BCUT2D eigenvalue weighted by atomic mass is 9.87. The Bertz CT molecular complexity index is 518. The minimum absolute atomic E-state index is 0.644. The largest absolute Gasteiger partial charge is 0.383 e. The highest BCUT2D eigenvalue weighted by Crippen LogP contribution is 2.35. The Hall–Kier alpha value is -0.530. The standard InChI is InChI=1S/C17H27N3O2S/c21-17(15-13-23-16(18-15)12-19-6-1-7-19)4-8-20(9-5-17)14-2-10-22-11-3-14/h13-14,21H,1-12H2. The molecule has 0 aliphatic carbocycles. The second kappa shape index (κ2) is 6.76. The fourth-order valence-corrected chi connectivity index (χ4v) is 4.82. The molecule has 23 heavy (non-hydrogen) atoms. The molecular formula is C17H27N3O2S. The Balaban J connectivity index is 1.35. The maximum absolute atomic E-state index is 11.1. The summed E-state index contributed by atoms with van der Waals surface area (Å²) in [6.07, 6.45) is 5.18. The number of aromatic nitrogens is 1. The Morgan fingerprint density at radius 3 is 2.61 bits per heavy atom. The quantitative estimate of drug-likeness (QED) is 0.908. The summed E-state index contributed by atoms with van der Waals surface area (Å²) in [4.78, 5) is 9.72. The number of rotatable bonds is 4. The smallest absolute Gasteiger partial charge is 0.110 e. The molecule has 1 aromatic heterocycles. The predicted molar refractivity (Wildman–Crippen MR) is 90.6 cm³/mol. The van der Waals surface area contributed by atoms with Crippen molar-refractivity contribution in [1.82, 2.24) is 14.8 Å². The molecule has 0 bridgehead atoms. The van der Waals surface area contributed by atoms with Crippen LogP contribution in [0.5, 0.6) is 0 Å². The van der Waals surface area contributed by atoms with Crippen molar-refractivity contribution in [3.63, 3.8) is 0 Å². The first-order valence-electron chi connectivity index (χ1n) is 8.94. The van der Waals surface area contributed by atoms with Crippen molar-refractivity contribution >= 4 is 11.3 Å². The number of aliphatic hydroxyl groups is 1. The van der Waals surface area contributed by atoms with E-state index in [0.29, 0.717) is 6.04 Å². The van der Waals surface area contributed by atoms with E-state index in [4.69, 9.17) is 9.72 Å². The highest BCUT2D eigenvalue weighted by molar-refractivity contribution is 7.09. The van der Waals surface area contributed by atoms with Crippen LogP contribution in [-0.4, -0.2) is 65.3 Å². The Morgan fingerprint density at radius 2 is 1.96 bits per heavy atom. The topological polar surface area (TPSA) is 48.8 Å². The number of ether oxygens (including phenoxy) is 1. The molecule has 4 rings (SSSR count). The molecule has 5 nitrogen and oxygen atoms in total. The minimum atomic E-state index is -0.717. The lowest BCUT2D eigenvalue weighted by Crippen LogP contribution is -2.48. The molecule has 128 valence electrons. The summed E-state index contributed by atoms with van der Waals surface area (Å²) >= 11 is 1.71. The van der Waals surface area contributed by atoms with E-state index in [0.717, 1.165) is 69.2 Å². The van der Waals surface area contributed by atoms with Gasteiger partial charge < -0.3 is 9.84 Å². The highest BCUT2D eigenvalue weighted by Gasteiger charge is 2.38. The molecule has 3 saturated heterocycles. The van der Waals surface area contributed by atoms with Crippen molar-refractivity contribution in [3.05, 3.63) is 16.1 Å². The van der Waals surface area contributed by atoms with Gasteiger partial charge in [0.15, 0.2) is 0 Å². The van der Waals surface area contributed by atoms with Gasteiger partial charge in [-0.1, -0.05) is 0 Å². The third-order valence-corrected chi connectivity index (χ3v) is 6.50. The molecule has 3 aliphatic heterocycles. The van der Waals surface area contributed by atoms with Gasteiger partial charge in [-0.15, -0.1) is 11.3 Å². The fraction of sp³-hybridized carbons (Fsp3) is 0.824. The van der Waals surface area contributed by atoms with Gasteiger partial charge in [-0.2, -0.15) is 0 Å². The van der Waals surface area contributed by atoms with Crippen LogP contribution in [0.1, 0.15) is 42.8 Å². The zero-order valence-electron chi connectivity index (χ0n) is 13.7. The summed E-state index contributed by atoms with van der Waals surface area (Å²) in [6.45, 7) is 7.06. The van der Waals surface area contributed by atoms with E-state index in [2.05, 4.69) is 15.2 Å². The van der Waals surface area contributed by atoms with Crippen LogP contribution in [0, 0.1) is 0 Å². The zero-order chi connectivity index (χ0) is 15.7. The molecular weight excluding hydrogens is 310 g/mol. The summed E-state index contributed by atoms with van der Waals surface area (Å²) in [5.74, 6) is 0.